The van der Waals surface area contributed by atoms with E-state index in [9.17, 15) is 4.79 Å². The van der Waals surface area contributed by atoms with Crippen LogP contribution in [0.3, 0.4) is 0 Å². The number of hydrogen-bond donors (Lipinski definition) is 1. The van der Waals surface area contributed by atoms with Gasteiger partial charge >= 0.3 is 5.97 Å². The van der Waals surface area contributed by atoms with E-state index in [1.165, 1.54) is 0 Å². The highest BCUT2D eigenvalue weighted by Crippen LogP contribution is 2.26. The molecule has 1 saturated heterocycles. The van der Waals surface area contributed by atoms with Crippen molar-refractivity contribution in [1.82, 2.24) is 15.0 Å². The molecular weight excluding hydrogens is 262 g/mol. The summed E-state index contributed by atoms with van der Waals surface area (Å²) < 4.78 is 10.4. The Kier molecular flexibility index (Phi) is 3.27. The highest BCUT2D eigenvalue weighted by Gasteiger charge is 2.36. The molecule has 2 unspecified atom stereocenters. The second-order valence-electron chi connectivity index (χ2n) is 4.93. The standard InChI is InChI=1S/C13H15N3O4/c1-8-9(13(17)18)4-5-16(8)7-11-14-12(15-20-11)10-3-2-6-19-10/h2-3,6,8-9H,4-5,7H2,1H3,(H,17,18). The van der Waals surface area contributed by atoms with Crippen LogP contribution < -0.4 is 0 Å². The average Bonchev–Trinajstić information content (AvgIpc) is 3.12. The van der Waals surface area contributed by atoms with Gasteiger partial charge in [0, 0.05) is 6.04 Å². The van der Waals surface area contributed by atoms with Gasteiger partial charge in [-0.2, -0.15) is 4.98 Å². The van der Waals surface area contributed by atoms with Gasteiger partial charge in [0.15, 0.2) is 5.76 Å². The summed E-state index contributed by atoms with van der Waals surface area (Å²) in [7, 11) is 0. The normalized spacial score (nSPS) is 23.2. The molecule has 7 heteroatoms. The van der Waals surface area contributed by atoms with E-state index in [0.29, 0.717) is 30.4 Å². The van der Waals surface area contributed by atoms with Crippen molar-refractivity contribution in [2.24, 2.45) is 5.92 Å². The minimum Gasteiger partial charge on any atom is -0.481 e. The van der Waals surface area contributed by atoms with Crippen LogP contribution in [-0.2, 0) is 11.3 Å². The first-order valence-electron chi connectivity index (χ1n) is 6.48. The summed E-state index contributed by atoms with van der Waals surface area (Å²) in [5.41, 5.74) is 0. The number of rotatable bonds is 4. The molecule has 2 aromatic heterocycles. The topological polar surface area (TPSA) is 92.6 Å². The third-order valence-electron chi connectivity index (χ3n) is 3.75. The lowest BCUT2D eigenvalue weighted by Gasteiger charge is -2.20. The highest BCUT2D eigenvalue weighted by molar-refractivity contribution is 5.71. The van der Waals surface area contributed by atoms with Gasteiger partial charge in [0.05, 0.1) is 18.7 Å². The van der Waals surface area contributed by atoms with E-state index in [1.54, 1.807) is 18.4 Å². The number of hydrogen-bond acceptors (Lipinski definition) is 6. The summed E-state index contributed by atoms with van der Waals surface area (Å²) in [4.78, 5) is 17.4. The fraction of sp³-hybridized carbons (Fsp3) is 0.462. The fourth-order valence-electron chi connectivity index (χ4n) is 2.56. The van der Waals surface area contributed by atoms with Crippen molar-refractivity contribution in [2.75, 3.05) is 6.54 Å². The van der Waals surface area contributed by atoms with E-state index in [2.05, 4.69) is 10.1 Å². The van der Waals surface area contributed by atoms with Crippen LogP contribution in [0.25, 0.3) is 11.6 Å². The maximum atomic E-state index is 11.1. The maximum Gasteiger partial charge on any atom is 0.308 e. The Labute approximate surface area is 115 Å². The first kappa shape index (κ1) is 12.9. The van der Waals surface area contributed by atoms with Crippen LogP contribution >= 0.6 is 0 Å². The molecule has 7 nitrogen and oxygen atoms in total. The molecule has 106 valence electrons. The molecule has 2 atom stereocenters. The average molecular weight is 277 g/mol. The molecule has 0 aliphatic carbocycles. The Morgan fingerprint density at radius 1 is 1.60 bits per heavy atom. The molecule has 0 radical (unpaired) electrons. The molecule has 0 aromatic carbocycles. The molecule has 1 N–H and O–H groups in total. The van der Waals surface area contributed by atoms with Gasteiger partial charge < -0.3 is 14.0 Å². The van der Waals surface area contributed by atoms with Crippen molar-refractivity contribution in [3.05, 3.63) is 24.3 Å². The van der Waals surface area contributed by atoms with Crippen LogP contribution in [-0.4, -0.2) is 38.7 Å². The van der Waals surface area contributed by atoms with Gasteiger partial charge in [-0.15, -0.1) is 0 Å². The van der Waals surface area contributed by atoms with Crippen molar-refractivity contribution < 1.29 is 18.8 Å². The van der Waals surface area contributed by atoms with Crippen molar-refractivity contribution in [3.63, 3.8) is 0 Å². The zero-order chi connectivity index (χ0) is 14.1. The zero-order valence-corrected chi connectivity index (χ0v) is 11.0. The van der Waals surface area contributed by atoms with E-state index in [0.717, 1.165) is 6.54 Å². The third-order valence-corrected chi connectivity index (χ3v) is 3.75. The first-order chi connectivity index (χ1) is 9.65. The molecule has 0 amide bonds. The van der Waals surface area contributed by atoms with Gasteiger partial charge in [-0.1, -0.05) is 5.16 Å². The molecule has 1 aliphatic rings. The summed E-state index contributed by atoms with van der Waals surface area (Å²) in [6.07, 6.45) is 2.20. The number of carboxylic acid groups (broad SMARTS) is 1. The molecule has 3 heterocycles. The van der Waals surface area contributed by atoms with Crippen LogP contribution in [0.1, 0.15) is 19.2 Å². The van der Waals surface area contributed by atoms with E-state index in [-0.39, 0.29) is 12.0 Å². The Morgan fingerprint density at radius 2 is 2.45 bits per heavy atom. The van der Waals surface area contributed by atoms with E-state index in [1.807, 2.05) is 11.8 Å². The molecule has 1 fully saturated rings. The number of furan rings is 1. The molecule has 0 bridgehead atoms. The molecular formula is C13H15N3O4. The number of aromatic nitrogens is 2. The molecule has 0 spiro atoms. The minimum absolute atomic E-state index is 0.0357. The van der Waals surface area contributed by atoms with Gasteiger partial charge in [0.1, 0.15) is 0 Å². The minimum atomic E-state index is -0.748. The second-order valence-corrected chi connectivity index (χ2v) is 4.93. The molecule has 2 aromatic rings. The SMILES string of the molecule is CC1C(C(=O)O)CCN1Cc1nc(-c2ccco2)no1. The number of carbonyl (C=O) groups is 1. The smallest absolute Gasteiger partial charge is 0.308 e. The molecule has 3 rings (SSSR count). The van der Waals surface area contributed by atoms with Gasteiger partial charge in [0.2, 0.25) is 11.7 Å². The Hall–Kier alpha value is -2.15. The van der Waals surface area contributed by atoms with Gasteiger partial charge in [0.25, 0.3) is 0 Å². The van der Waals surface area contributed by atoms with E-state index >= 15 is 0 Å². The lowest BCUT2D eigenvalue weighted by atomic mass is 10.0. The number of nitrogens with zero attached hydrogens (tertiary/aromatic N) is 3. The lowest BCUT2D eigenvalue weighted by Crippen LogP contribution is -2.32. The quantitative estimate of drug-likeness (QED) is 0.907. The monoisotopic (exact) mass is 277 g/mol. The van der Waals surface area contributed by atoms with Crippen molar-refractivity contribution >= 4 is 5.97 Å². The second kappa shape index (κ2) is 5.09. The number of aliphatic carboxylic acids is 1. The maximum absolute atomic E-state index is 11.1. The van der Waals surface area contributed by atoms with Crippen molar-refractivity contribution in [3.8, 4) is 11.6 Å². The summed E-state index contributed by atoms with van der Waals surface area (Å²) in [5.74, 6) is 0.350. The van der Waals surface area contributed by atoms with Crippen LogP contribution in [0.2, 0.25) is 0 Å². The predicted molar refractivity (Wildman–Crippen MR) is 67.6 cm³/mol. The number of carboxylic acids is 1. The van der Waals surface area contributed by atoms with Gasteiger partial charge in [-0.3, -0.25) is 9.69 Å². The summed E-state index contributed by atoms with van der Waals surface area (Å²) in [5, 5.41) is 13.0. The first-order valence-corrected chi connectivity index (χ1v) is 6.48. The van der Waals surface area contributed by atoms with Crippen LogP contribution in [0.5, 0.6) is 0 Å². The summed E-state index contributed by atoms with van der Waals surface area (Å²) >= 11 is 0. The molecule has 1 aliphatic heterocycles. The Bertz CT molecular complexity index is 593. The predicted octanol–water partition coefficient (Wildman–Crippen LogP) is 1.62. The van der Waals surface area contributed by atoms with Crippen LogP contribution in [0.15, 0.2) is 27.3 Å². The van der Waals surface area contributed by atoms with Gasteiger partial charge in [-0.05, 0) is 32.0 Å². The number of likely N-dealkylation sites (tertiary alicyclic amines) is 1. The summed E-state index contributed by atoms with van der Waals surface area (Å²) in [6.45, 7) is 3.09. The Morgan fingerprint density at radius 3 is 3.10 bits per heavy atom. The highest BCUT2D eigenvalue weighted by atomic mass is 16.5. The fourth-order valence-corrected chi connectivity index (χ4v) is 2.56. The Balaban J connectivity index is 1.69. The van der Waals surface area contributed by atoms with Gasteiger partial charge in [-0.25, -0.2) is 0 Å². The lowest BCUT2D eigenvalue weighted by molar-refractivity contribution is -0.142. The van der Waals surface area contributed by atoms with Crippen LogP contribution in [0, 0.1) is 5.92 Å². The van der Waals surface area contributed by atoms with E-state index < -0.39 is 5.97 Å². The molecule has 0 saturated carbocycles. The van der Waals surface area contributed by atoms with E-state index in [4.69, 9.17) is 14.0 Å². The summed E-state index contributed by atoms with van der Waals surface area (Å²) in [6, 6.07) is 3.48. The third kappa shape index (κ3) is 2.32. The zero-order valence-electron chi connectivity index (χ0n) is 11.0. The molecule has 20 heavy (non-hydrogen) atoms. The van der Waals surface area contributed by atoms with Crippen molar-refractivity contribution in [1.29, 1.82) is 0 Å². The largest absolute Gasteiger partial charge is 0.481 e. The van der Waals surface area contributed by atoms with Crippen LogP contribution in [0.4, 0.5) is 0 Å². The van der Waals surface area contributed by atoms with Crippen molar-refractivity contribution in [2.45, 2.75) is 25.9 Å².